The number of hydrogen-bond donors (Lipinski definition) is 3. The third-order valence-electron chi connectivity index (χ3n) is 7.09. The molecule has 296 valence electrons. The number of nitrogens with zero attached hydrogens (tertiary/aromatic N) is 1. The van der Waals surface area contributed by atoms with Gasteiger partial charge < -0.3 is 20.1 Å². The van der Waals surface area contributed by atoms with Gasteiger partial charge in [-0.3, -0.25) is 0 Å². The Labute approximate surface area is 320 Å². The van der Waals surface area contributed by atoms with Gasteiger partial charge in [-0.1, -0.05) is 56.4 Å². The number of hydrogen-bond acceptors (Lipinski definition) is 10. The molecule has 3 N–H and O–H groups in total. The third kappa shape index (κ3) is 15.1. The van der Waals surface area contributed by atoms with Crippen molar-refractivity contribution in [2.75, 3.05) is 13.1 Å². The number of sulfonamides is 2. The van der Waals surface area contributed by atoms with Crippen LogP contribution in [-0.2, 0) is 41.9 Å². The van der Waals surface area contributed by atoms with Gasteiger partial charge in [-0.15, -0.1) is 34.3 Å². The molecule has 3 rings (SSSR count). The topological polar surface area (TPSA) is 160 Å². The van der Waals surface area contributed by atoms with Gasteiger partial charge in [0, 0.05) is 29.4 Å². The van der Waals surface area contributed by atoms with Crippen molar-refractivity contribution >= 4 is 66.5 Å². The Hall–Kier alpha value is -1.95. The fourth-order valence-corrected chi connectivity index (χ4v) is 10.0. The molecule has 0 spiro atoms. The Kier molecular flexibility index (Phi) is 17.7. The summed E-state index contributed by atoms with van der Waals surface area (Å²) in [5.74, 6) is 0.132. The van der Waals surface area contributed by atoms with Crippen molar-refractivity contribution in [2.24, 2.45) is 10.8 Å². The predicted octanol–water partition coefficient (Wildman–Crippen LogP) is 8.17. The minimum atomic E-state index is -3.70. The van der Waals surface area contributed by atoms with Crippen molar-refractivity contribution in [3.8, 4) is 0 Å². The van der Waals surface area contributed by atoms with E-state index < -0.39 is 49.5 Å². The molecule has 2 amide bonds. The second kappa shape index (κ2) is 18.4. The lowest BCUT2D eigenvalue weighted by molar-refractivity contribution is 0.0447. The molecular weight excluding hydrogens is 756 g/mol. The molecule has 0 fully saturated rings. The highest BCUT2D eigenvalue weighted by atomic mass is 35.5. The predicted molar refractivity (Wildman–Crippen MR) is 210 cm³/mol. The lowest BCUT2D eigenvalue weighted by atomic mass is 9.86. The molecule has 0 radical (unpaired) electrons. The van der Waals surface area contributed by atoms with E-state index >= 15 is 0 Å². The average molecular weight is 818 g/mol. The summed E-state index contributed by atoms with van der Waals surface area (Å²) in [5, 5.41) is 9.06. The molecule has 0 aromatic carbocycles. The van der Waals surface area contributed by atoms with Crippen molar-refractivity contribution in [3.05, 3.63) is 32.6 Å². The highest BCUT2D eigenvalue weighted by molar-refractivity contribution is 7.90. The standard InChI is InChI=1S/C16H27ClN2O4S2.C16H26N2O4S2.2CH4/c1-15(2,3)13(19-14(20)23-16(4,5)6)10-18-25(21,22)12-7-8-24-11(12)9-17;1-15(2,3)13(17-14(19)22-16(4,5)6)10-18-9-11-12(7-8-23-11)24(18,20)21;;/h7-8,13,18H,9-10H2,1-6H3,(H,19,20);7-8,13H,9-10H2,1-6H3,(H,17,19);2*1H4/t2*13-;;/m11../s1. The Morgan fingerprint density at radius 3 is 1.75 bits per heavy atom. The molecule has 2 aromatic rings. The molecule has 1 aliphatic heterocycles. The van der Waals surface area contributed by atoms with E-state index in [-0.39, 0.29) is 55.6 Å². The number of alkyl carbamates (subject to hydrolysis) is 2. The van der Waals surface area contributed by atoms with E-state index in [1.807, 2.05) is 41.5 Å². The zero-order valence-corrected chi connectivity index (χ0v) is 34.5. The molecule has 1 aliphatic rings. The van der Waals surface area contributed by atoms with E-state index in [0.29, 0.717) is 16.3 Å². The summed E-state index contributed by atoms with van der Waals surface area (Å²) >= 11 is 8.52. The van der Waals surface area contributed by atoms with Gasteiger partial charge in [-0.05, 0) is 75.3 Å². The number of alkyl halides is 1. The first kappa shape index (κ1) is 49.0. The highest BCUT2D eigenvalue weighted by Crippen LogP contribution is 2.35. The second-order valence-electron chi connectivity index (χ2n) is 15.8. The lowest BCUT2D eigenvalue weighted by Gasteiger charge is -2.34. The van der Waals surface area contributed by atoms with Gasteiger partial charge in [-0.2, -0.15) is 4.31 Å². The van der Waals surface area contributed by atoms with E-state index in [0.717, 1.165) is 4.88 Å². The Bertz CT molecular complexity index is 1650. The van der Waals surface area contributed by atoms with Crippen LogP contribution in [0.25, 0.3) is 0 Å². The van der Waals surface area contributed by atoms with E-state index in [4.69, 9.17) is 21.1 Å². The van der Waals surface area contributed by atoms with Gasteiger partial charge >= 0.3 is 12.2 Å². The normalized spacial score (nSPS) is 15.9. The average Bonchev–Trinajstić information content (AvgIpc) is 3.61. The van der Waals surface area contributed by atoms with Crippen LogP contribution in [0.2, 0.25) is 0 Å². The monoisotopic (exact) mass is 816 g/mol. The maximum atomic E-state index is 12.6. The summed E-state index contributed by atoms with van der Waals surface area (Å²) in [6, 6.07) is 2.35. The van der Waals surface area contributed by atoms with Crippen molar-refractivity contribution in [1.29, 1.82) is 0 Å². The van der Waals surface area contributed by atoms with Gasteiger partial charge in [-0.25, -0.2) is 31.1 Å². The minimum Gasteiger partial charge on any atom is -0.444 e. The van der Waals surface area contributed by atoms with E-state index in [9.17, 15) is 26.4 Å². The van der Waals surface area contributed by atoms with Crippen LogP contribution in [-0.4, -0.2) is 69.7 Å². The van der Waals surface area contributed by atoms with E-state index in [1.54, 1.807) is 58.4 Å². The van der Waals surface area contributed by atoms with Crippen LogP contribution < -0.4 is 15.4 Å². The van der Waals surface area contributed by atoms with Crippen LogP contribution in [0.3, 0.4) is 0 Å². The van der Waals surface area contributed by atoms with Crippen LogP contribution in [0.15, 0.2) is 32.7 Å². The first-order chi connectivity index (χ1) is 22.1. The summed E-state index contributed by atoms with van der Waals surface area (Å²) in [4.78, 5) is 26.2. The van der Waals surface area contributed by atoms with Gasteiger partial charge in [0.1, 0.15) is 11.2 Å². The minimum absolute atomic E-state index is 0. The molecule has 0 bridgehead atoms. The van der Waals surface area contributed by atoms with Gasteiger partial charge in [0.05, 0.1) is 27.8 Å². The number of amides is 2. The summed E-state index contributed by atoms with van der Waals surface area (Å²) in [6.45, 7) is 22.9. The van der Waals surface area contributed by atoms with Gasteiger partial charge in [0.25, 0.3) is 0 Å². The molecule has 0 saturated carbocycles. The summed E-state index contributed by atoms with van der Waals surface area (Å²) in [7, 11) is -7.18. The Balaban J connectivity index is 0.000000944. The molecule has 2 aromatic heterocycles. The number of ether oxygens (including phenoxy) is 2. The molecule has 0 unspecified atom stereocenters. The molecule has 0 aliphatic carbocycles. The zero-order chi connectivity index (χ0) is 37.8. The maximum Gasteiger partial charge on any atom is 0.407 e. The largest absolute Gasteiger partial charge is 0.444 e. The van der Waals surface area contributed by atoms with Crippen molar-refractivity contribution in [3.63, 3.8) is 0 Å². The van der Waals surface area contributed by atoms with Crippen LogP contribution >= 0.6 is 34.3 Å². The quantitative estimate of drug-likeness (QED) is 0.214. The van der Waals surface area contributed by atoms with Gasteiger partial charge in [0.15, 0.2) is 0 Å². The number of nitrogens with one attached hydrogen (secondary N) is 3. The molecular formula is C34H61ClN4O8S4. The van der Waals surface area contributed by atoms with Crippen molar-refractivity contribution < 1.29 is 35.9 Å². The summed E-state index contributed by atoms with van der Waals surface area (Å²) in [5.41, 5.74) is -1.92. The highest BCUT2D eigenvalue weighted by Gasteiger charge is 2.40. The molecule has 2 atom stereocenters. The van der Waals surface area contributed by atoms with E-state index in [1.165, 1.54) is 33.0 Å². The lowest BCUT2D eigenvalue weighted by Crippen LogP contribution is -2.51. The summed E-state index contributed by atoms with van der Waals surface area (Å²) < 4.78 is 64.8. The number of carbonyl (C=O) groups is 2. The Morgan fingerprint density at radius 2 is 1.31 bits per heavy atom. The van der Waals surface area contributed by atoms with Crippen LogP contribution in [0.4, 0.5) is 9.59 Å². The zero-order valence-electron chi connectivity index (χ0n) is 30.5. The number of carbonyl (C=O) groups excluding carboxylic acids is 2. The van der Waals surface area contributed by atoms with Crippen LogP contribution in [0.5, 0.6) is 0 Å². The fraction of sp³-hybridized carbons (Fsp3) is 0.706. The SMILES string of the molecule is C.C.CC(C)(C)OC(=O)N[C@H](CN1Cc2sccc2S1(=O)=O)C(C)(C)C.CC(C)(C)OC(=O)N[C@H](CNS(=O)(=O)c1ccsc1CCl)C(C)(C)C. The molecule has 3 heterocycles. The number of thiophene rings is 2. The van der Waals surface area contributed by atoms with Gasteiger partial charge in [0.2, 0.25) is 20.0 Å². The van der Waals surface area contributed by atoms with E-state index in [2.05, 4.69) is 15.4 Å². The maximum absolute atomic E-state index is 12.6. The third-order valence-corrected chi connectivity index (χ3v) is 13.0. The molecule has 51 heavy (non-hydrogen) atoms. The Morgan fingerprint density at radius 1 is 0.843 bits per heavy atom. The molecule has 17 heteroatoms. The molecule has 0 saturated heterocycles. The number of fused-ring (bicyclic) bond motifs is 1. The first-order valence-corrected chi connectivity index (χ1v) is 21.0. The first-order valence-electron chi connectivity index (χ1n) is 15.7. The number of rotatable bonds is 9. The van der Waals surface area contributed by atoms with Crippen molar-refractivity contribution in [2.45, 2.75) is 143 Å². The second-order valence-corrected chi connectivity index (χ2v) is 21.7. The number of halogens is 1. The smallest absolute Gasteiger partial charge is 0.407 e. The molecule has 12 nitrogen and oxygen atoms in total. The summed E-state index contributed by atoms with van der Waals surface area (Å²) in [6.07, 6.45) is -1.11. The van der Waals surface area contributed by atoms with Crippen molar-refractivity contribution in [1.82, 2.24) is 19.7 Å². The van der Waals surface area contributed by atoms with Crippen LogP contribution in [0.1, 0.15) is 108 Å². The van der Waals surface area contributed by atoms with Crippen LogP contribution in [0, 0.1) is 10.8 Å². The fourth-order valence-electron chi connectivity index (χ4n) is 4.37.